The average Bonchev–Trinajstić information content (AvgIpc) is 2.52. The van der Waals surface area contributed by atoms with Crippen molar-refractivity contribution in [3.8, 4) is 0 Å². The van der Waals surface area contributed by atoms with Crippen LogP contribution >= 0.6 is 11.6 Å². The Morgan fingerprint density at radius 1 is 1.29 bits per heavy atom. The molecule has 1 aliphatic carbocycles. The third-order valence-electron chi connectivity index (χ3n) is 4.25. The molecule has 1 aromatic rings. The predicted octanol–water partition coefficient (Wildman–Crippen LogP) is 3.69. The van der Waals surface area contributed by atoms with Crippen LogP contribution in [0.4, 0.5) is 0 Å². The first kappa shape index (κ1) is 16.3. The van der Waals surface area contributed by atoms with E-state index < -0.39 is 0 Å². The van der Waals surface area contributed by atoms with Crippen molar-refractivity contribution in [3.05, 3.63) is 34.9 Å². The Balaban J connectivity index is 1.69. The summed E-state index contributed by atoms with van der Waals surface area (Å²) in [5, 5.41) is 7.01. The van der Waals surface area contributed by atoms with Gasteiger partial charge in [-0.25, -0.2) is 0 Å². The maximum Gasteiger partial charge on any atom is 0.233 e. The van der Waals surface area contributed by atoms with Gasteiger partial charge >= 0.3 is 0 Å². The molecular formula is C17H25ClN2O. The van der Waals surface area contributed by atoms with E-state index >= 15 is 0 Å². The summed E-state index contributed by atoms with van der Waals surface area (Å²) < 4.78 is 0. The Hall–Kier alpha value is -1.06. The number of hydrogen-bond acceptors (Lipinski definition) is 2. The minimum atomic E-state index is 0.0686. The molecule has 0 bridgehead atoms. The van der Waals surface area contributed by atoms with Crippen molar-refractivity contribution in [3.63, 3.8) is 0 Å². The molecule has 3 nitrogen and oxygen atoms in total. The van der Waals surface area contributed by atoms with Crippen LogP contribution in [-0.4, -0.2) is 19.0 Å². The van der Waals surface area contributed by atoms with E-state index in [1.807, 2.05) is 31.2 Å². The summed E-state index contributed by atoms with van der Waals surface area (Å²) in [5.41, 5.74) is 1.03. The van der Waals surface area contributed by atoms with Crippen molar-refractivity contribution in [2.24, 2.45) is 5.92 Å². The van der Waals surface area contributed by atoms with Gasteiger partial charge in [0, 0.05) is 17.6 Å². The Bertz CT molecular complexity index is 458. The molecule has 1 aromatic carbocycles. The fraction of sp³-hybridized carbons (Fsp3) is 0.588. The van der Waals surface area contributed by atoms with Gasteiger partial charge in [-0.05, 0) is 37.3 Å². The number of amides is 1. The summed E-state index contributed by atoms with van der Waals surface area (Å²) in [7, 11) is 0. The van der Waals surface area contributed by atoms with E-state index in [1.165, 1.54) is 32.1 Å². The molecule has 1 saturated carbocycles. The van der Waals surface area contributed by atoms with Gasteiger partial charge in [-0.2, -0.15) is 0 Å². The Morgan fingerprint density at radius 2 is 2.00 bits per heavy atom. The number of hydrogen-bond donors (Lipinski definition) is 2. The van der Waals surface area contributed by atoms with E-state index in [4.69, 9.17) is 11.6 Å². The van der Waals surface area contributed by atoms with Crippen molar-refractivity contribution in [1.82, 2.24) is 10.6 Å². The monoisotopic (exact) mass is 308 g/mol. The van der Waals surface area contributed by atoms with Gasteiger partial charge in [0.1, 0.15) is 0 Å². The Kier molecular flexibility index (Phi) is 6.52. The van der Waals surface area contributed by atoms with Gasteiger partial charge in [-0.1, -0.05) is 49.1 Å². The number of nitrogens with one attached hydrogen (secondary N) is 2. The van der Waals surface area contributed by atoms with Gasteiger partial charge in [0.15, 0.2) is 0 Å². The fourth-order valence-electron chi connectivity index (χ4n) is 2.89. The summed E-state index contributed by atoms with van der Waals surface area (Å²) >= 11 is 6.16. The summed E-state index contributed by atoms with van der Waals surface area (Å²) in [4.78, 5) is 11.9. The second kappa shape index (κ2) is 8.40. The number of benzene rings is 1. The standard InChI is InChI=1S/C17H25ClN2O/c1-13(15-9-5-6-10-16(15)18)19-12-17(21)20-11-14-7-3-2-4-8-14/h5-6,9-10,13-14,19H,2-4,7-8,11-12H2,1H3,(H,20,21). The highest BCUT2D eigenvalue weighted by Crippen LogP contribution is 2.23. The molecule has 0 spiro atoms. The van der Waals surface area contributed by atoms with Crippen LogP contribution in [0.2, 0.25) is 5.02 Å². The zero-order chi connectivity index (χ0) is 15.1. The second-order valence-corrected chi connectivity index (χ2v) is 6.34. The molecule has 4 heteroatoms. The van der Waals surface area contributed by atoms with Gasteiger partial charge in [-0.3, -0.25) is 4.79 Å². The quantitative estimate of drug-likeness (QED) is 0.841. The topological polar surface area (TPSA) is 41.1 Å². The zero-order valence-electron chi connectivity index (χ0n) is 12.7. The van der Waals surface area contributed by atoms with Crippen LogP contribution in [-0.2, 0) is 4.79 Å². The highest BCUT2D eigenvalue weighted by Gasteiger charge is 2.15. The molecule has 1 amide bonds. The number of carbonyl (C=O) groups excluding carboxylic acids is 1. The lowest BCUT2D eigenvalue weighted by molar-refractivity contribution is -0.120. The third-order valence-corrected chi connectivity index (χ3v) is 4.60. The molecule has 116 valence electrons. The number of carbonyl (C=O) groups is 1. The van der Waals surface area contributed by atoms with Crippen molar-refractivity contribution >= 4 is 17.5 Å². The molecule has 2 N–H and O–H groups in total. The van der Waals surface area contributed by atoms with Crippen LogP contribution in [0.5, 0.6) is 0 Å². The Labute approximate surface area is 132 Å². The van der Waals surface area contributed by atoms with Crippen LogP contribution in [0.15, 0.2) is 24.3 Å². The smallest absolute Gasteiger partial charge is 0.233 e. The minimum Gasteiger partial charge on any atom is -0.355 e. The second-order valence-electron chi connectivity index (χ2n) is 5.93. The maximum absolute atomic E-state index is 11.9. The maximum atomic E-state index is 11.9. The van der Waals surface area contributed by atoms with E-state index in [1.54, 1.807) is 0 Å². The largest absolute Gasteiger partial charge is 0.355 e. The van der Waals surface area contributed by atoms with Gasteiger partial charge in [0.05, 0.1) is 6.54 Å². The van der Waals surface area contributed by atoms with Gasteiger partial charge in [-0.15, -0.1) is 0 Å². The van der Waals surface area contributed by atoms with Crippen LogP contribution in [0, 0.1) is 5.92 Å². The SMILES string of the molecule is CC(NCC(=O)NCC1CCCCC1)c1ccccc1Cl. The summed E-state index contributed by atoms with van der Waals surface area (Å²) in [6, 6.07) is 7.80. The molecule has 1 aliphatic rings. The van der Waals surface area contributed by atoms with Crippen molar-refractivity contribution in [2.45, 2.75) is 45.1 Å². The lowest BCUT2D eigenvalue weighted by atomic mass is 9.89. The van der Waals surface area contributed by atoms with E-state index in [0.29, 0.717) is 12.5 Å². The molecular weight excluding hydrogens is 284 g/mol. The van der Waals surface area contributed by atoms with Gasteiger partial charge in [0.2, 0.25) is 5.91 Å². The van der Waals surface area contributed by atoms with Gasteiger partial charge in [0.25, 0.3) is 0 Å². The molecule has 0 saturated heterocycles. The van der Waals surface area contributed by atoms with E-state index in [-0.39, 0.29) is 11.9 Å². The molecule has 1 unspecified atom stereocenters. The highest BCUT2D eigenvalue weighted by atomic mass is 35.5. The summed E-state index contributed by atoms with van der Waals surface area (Å²) in [6.07, 6.45) is 6.47. The lowest BCUT2D eigenvalue weighted by Crippen LogP contribution is -2.37. The lowest BCUT2D eigenvalue weighted by Gasteiger charge is -2.22. The van der Waals surface area contributed by atoms with Crippen LogP contribution < -0.4 is 10.6 Å². The van der Waals surface area contributed by atoms with E-state index in [9.17, 15) is 4.79 Å². The molecule has 0 heterocycles. The number of rotatable bonds is 6. The first-order chi connectivity index (χ1) is 10.2. The molecule has 0 aromatic heterocycles. The molecule has 1 fully saturated rings. The van der Waals surface area contributed by atoms with E-state index in [2.05, 4.69) is 10.6 Å². The molecule has 1 atom stereocenters. The zero-order valence-corrected chi connectivity index (χ0v) is 13.5. The van der Waals surface area contributed by atoms with E-state index in [0.717, 1.165) is 17.1 Å². The highest BCUT2D eigenvalue weighted by molar-refractivity contribution is 6.31. The average molecular weight is 309 g/mol. The van der Waals surface area contributed by atoms with Gasteiger partial charge < -0.3 is 10.6 Å². The third kappa shape index (κ3) is 5.33. The minimum absolute atomic E-state index is 0.0686. The molecule has 2 rings (SSSR count). The van der Waals surface area contributed by atoms with Crippen LogP contribution in [0.1, 0.15) is 50.6 Å². The first-order valence-electron chi connectivity index (χ1n) is 7.91. The van der Waals surface area contributed by atoms with Crippen LogP contribution in [0.25, 0.3) is 0 Å². The summed E-state index contributed by atoms with van der Waals surface area (Å²) in [6.45, 7) is 3.18. The van der Waals surface area contributed by atoms with Crippen molar-refractivity contribution < 1.29 is 4.79 Å². The number of halogens is 1. The van der Waals surface area contributed by atoms with Crippen molar-refractivity contribution in [2.75, 3.05) is 13.1 Å². The first-order valence-corrected chi connectivity index (χ1v) is 8.29. The molecule has 0 aliphatic heterocycles. The predicted molar refractivity (Wildman–Crippen MR) is 87.5 cm³/mol. The molecule has 21 heavy (non-hydrogen) atoms. The fourth-order valence-corrected chi connectivity index (χ4v) is 3.19. The van der Waals surface area contributed by atoms with Crippen LogP contribution in [0.3, 0.4) is 0 Å². The Morgan fingerprint density at radius 3 is 2.71 bits per heavy atom. The van der Waals surface area contributed by atoms with Crippen molar-refractivity contribution in [1.29, 1.82) is 0 Å². The molecule has 0 radical (unpaired) electrons. The normalized spacial score (nSPS) is 17.4. The summed E-state index contributed by atoms with van der Waals surface area (Å²) in [5.74, 6) is 0.739.